The molecule has 0 fully saturated rings. The Bertz CT molecular complexity index is 1650. The van der Waals surface area contributed by atoms with Gasteiger partial charge in [0.15, 0.2) is 0 Å². The smallest absolute Gasteiger partial charge is 0.456 e. The molecule has 0 radical (unpaired) electrons. The van der Waals surface area contributed by atoms with Gasteiger partial charge in [0.05, 0.1) is 33.8 Å². The Kier molecular flexibility index (Phi) is 69.6. The highest BCUT2D eigenvalue weighted by Gasteiger charge is 2.30. The first-order valence-corrected chi connectivity index (χ1v) is 41.8. The second-order valence-electron chi connectivity index (χ2n) is 28.9. The first-order chi connectivity index (χ1) is 44.4. The third-order valence-electron chi connectivity index (χ3n) is 18.6. The predicted octanol–water partition coefficient (Wildman–Crippen LogP) is 26.1. The van der Waals surface area contributed by atoms with Gasteiger partial charge in [-0.3, -0.25) is 18.6 Å². The summed E-state index contributed by atoms with van der Waals surface area (Å²) < 4.78 is 31.0. The summed E-state index contributed by atoms with van der Waals surface area (Å²) in [6, 6.07) is -0.846. The van der Waals surface area contributed by atoms with Crippen molar-refractivity contribution in [2.24, 2.45) is 0 Å². The average molecular weight is 1300 g/mol. The highest BCUT2D eigenvalue weighted by molar-refractivity contribution is 7.47. The van der Waals surface area contributed by atoms with E-state index in [1.165, 1.54) is 327 Å². The van der Waals surface area contributed by atoms with Crippen LogP contribution in [0.3, 0.4) is 0 Å². The number of hydrogen-bond acceptors (Lipinski definition) is 6. The maximum absolute atomic E-state index is 13.7. The molecule has 0 spiro atoms. The lowest BCUT2D eigenvalue weighted by atomic mass is 10.0. The van der Waals surface area contributed by atoms with Gasteiger partial charge in [-0.2, -0.15) is 0 Å². The fourth-order valence-corrected chi connectivity index (χ4v) is 13.1. The van der Waals surface area contributed by atoms with Crippen molar-refractivity contribution in [3.8, 4) is 0 Å². The summed E-state index contributed by atoms with van der Waals surface area (Å²) >= 11 is 0. The van der Waals surface area contributed by atoms with E-state index in [1.807, 2.05) is 27.2 Å². The molecule has 0 aliphatic heterocycles. The van der Waals surface area contributed by atoms with Gasteiger partial charge in [-0.25, -0.2) is 4.57 Å². The number of allylic oxidation sites excluding steroid dienone is 5. The van der Waals surface area contributed by atoms with Gasteiger partial charge in [0.25, 0.3) is 0 Å². The molecule has 0 aromatic rings. The van der Waals surface area contributed by atoms with Crippen LogP contribution in [0.5, 0.6) is 0 Å². The van der Waals surface area contributed by atoms with E-state index in [0.717, 1.165) is 57.8 Å². The molecule has 0 saturated heterocycles. The number of unbranched alkanes of at least 4 members (excludes halogenated alkanes) is 55. The van der Waals surface area contributed by atoms with Crippen molar-refractivity contribution in [2.45, 2.75) is 431 Å². The van der Waals surface area contributed by atoms with E-state index >= 15 is 0 Å². The van der Waals surface area contributed by atoms with E-state index < -0.39 is 20.0 Å². The van der Waals surface area contributed by atoms with Crippen LogP contribution >= 0.6 is 7.82 Å². The van der Waals surface area contributed by atoms with Crippen LogP contribution in [0.15, 0.2) is 36.5 Å². The normalized spacial score (nSPS) is 13.5. The molecule has 0 aromatic carbocycles. The van der Waals surface area contributed by atoms with Crippen LogP contribution in [0.25, 0.3) is 0 Å². The number of carbonyl (C=O) groups is 2. The fourth-order valence-electron chi connectivity index (χ4n) is 12.3. The van der Waals surface area contributed by atoms with Crippen molar-refractivity contribution in [2.75, 3.05) is 40.9 Å². The summed E-state index contributed by atoms with van der Waals surface area (Å²) in [5.41, 5.74) is 0. The Morgan fingerprint density at radius 3 is 0.934 bits per heavy atom. The Morgan fingerprint density at radius 2 is 0.637 bits per heavy atom. The van der Waals surface area contributed by atoms with Crippen LogP contribution in [-0.2, 0) is 27.9 Å². The lowest BCUT2D eigenvalue weighted by Crippen LogP contribution is -2.47. The molecule has 91 heavy (non-hydrogen) atoms. The minimum Gasteiger partial charge on any atom is -0.456 e. The first kappa shape index (κ1) is 89.2. The topological polar surface area (TPSA) is 111 Å². The molecule has 0 aromatic heterocycles. The van der Waals surface area contributed by atoms with Gasteiger partial charge < -0.3 is 19.4 Å². The zero-order valence-electron chi connectivity index (χ0n) is 61.9. The number of rotatable bonds is 75. The van der Waals surface area contributed by atoms with Gasteiger partial charge in [0.1, 0.15) is 19.3 Å². The number of quaternary nitrogens is 1. The van der Waals surface area contributed by atoms with E-state index in [2.05, 4.69) is 56.5 Å². The molecular formula is C81H158N2O7P+. The quantitative estimate of drug-likeness (QED) is 0.0205. The van der Waals surface area contributed by atoms with Gasteiger partial charge in [-0.1, -0.05) is 359 Å². The molecule has 3 unspecified atom stereocenters. The maximum Gasteiger partial charge on any atom is 0.472 e. The van der Waals surface area contributed by atoms with Gasteiger partial charge in [-0.15, -0.1) is 0 Å². The van der Waals surface area contributed by atoms with E-state index in [0.29, 0.717) is 23.9 Å². The number of esters is 1. The summed E-state index contributed by atoms with van der Waals surface area (Å²) in [6.07, 6.45) is 90.4. The van der Waals surface area contributed by atoms with Gasteiger partial charge >= 0.3 is 13.8 Å². The molecule has 3 atom stereocenters. The lowest BCUT2D eigenvalue weighted by Gasteiger charge is -2.27. The number of carbonyl (C=O) groups excluding carboxylic acids is 2. The van der Waals surface area contributed by atoms with E-state index in [-0.39, 0.29) is 25.1 Å². The molecule has 0 heterocycles. The molecule has 9 nitrogen and oxygen atoms in total. The number of nitrogens with one attached hydrogen (secondary N) is 1. The molecule has 0 saturated carbocycles. The second-order valence-corrected chi connectivity index (χ2v) is 30.4. The van der Waals surface area contributed by atoms with Crippen molar-refractivity contribution >= 4 is 19.7 Å². The van der Waals surface area contributed by atoms with Crippen molar-refractivity contribution in [1.29, 1.82) is 0 Å². The van der Waals surface area contributed by atoms with Crippen molar-refractivity contribution in [3.05, 3.63) is 36.5 Å². The summed E-state index contributed by atoms with van der Waals surface area (Å²) in [7, 11) is 1.52. The highest BCUT2D eigenvalue weighted by atomic mass is 31.2. The first-order valence-electron chi connectivity index (χ1n) is 40.3. The number of ether oxygens (including phenoxy) is 1. The third kappa shape index (κ3) is 72.3. The van der Waals surface area contributed by atoms with E-state index in [1.54, 1.807) is 0 Å². The molecule has 0 rings (SSSR count). The second kappa shape index (κ2) is 71.0. The average Bonchev–Trinajstić information content (AvgIpc) is 3.45. The van der Waals surface area contributed by atoms with Crippen molar-refractivity contribution in [3.63, 3.8) is 0 Å². The number of phosphoric ester groups is 1. The van der Waals surface area contributed by atoms with Crippen LogP contribution < -0.4 is 5.32 Å². The van der Waals surface area contributed by atoms with Crippen LogP contribution in [0.2, 0.25) is 0 Å². The fraction of sp³-hybridized carbons (Fsp3) is 0.901. The van der Waals surface area contributed by atoms with E-state index in [4.69, 9.17) is 13.8 Å². The number of hydrogen-bond donors (Lipinski definition) is 2. The van der Waals surface area contributed by atoms with Crippen LogP contribution in [0.1, 0.15) is 419 Å². The SMILES string of the molecule is CCCCCCCC/C=C/CCCCCCCCCCCCCCCCCCCC(=O)NC(COP(=O)(O)OCC[N+](C)(C)C)C(/C=C/CCCCCCCCCCCCC)OC(=O)CCCCCCCCCCCCCCCCC/C=C/CCCCCCCC. The number of amides is 1. The molecule has 0 bridgehead atoms. The standard InChI is InChI=1S/C81H157N2O7P/c1-7-10-13-16-19-22-25-28-30-32-34-36-38-40-41-43-44-46-48-50-52-55-58-61-64-67-70-73-80(84)82-78(77-89-91(86,87)88-76-75-83(4,5)6)79(72-69-66-63-60-57-54-27-24-21-18-15-12-9-3)90-81(85)74-71-68-65-62-59-56-53-51-49-47-45-42-39-37-35-33-31-29-26-23-20-17-14-11-8-2/h28-31,69,72,78-79H,7-27,32-68,70-71,73-77H2,1-6H3,(H-,82,84,86,87)/p+1/b30-28+,31-29+,72-69+. The third-order valence-corrected chi connectivity index (χ3v) is 19.5. The Morgan fingerprint density at radius 1 is 0.374 bits per heavy atom. The highest BCUT2D eigenvalue weighted by Crippen LogP contribution is 2.43. The lowest BCUT2D eigenvalue weighted by molar-refractivity contribution is -0.870. The summed E-state index contributed by atoms with van der Waals surface area (Å²) in [5.74, 6) is -0.479. The van der Waals surface area contributed by atoms with Gasteiger partial charge in [-0.05, 0) is 83.1 Å². The van der Waals surface area contributed by atoms with Crippen molar-refractivity contribution in [1.82, 2.24) is 5.32 Å². The van der Waals surface area contributed by atoms with Gasteiger partial charge in [0, 0.05) is 12.8 Å². The van der Waals surface area contributed by atoms with Crippen LogP contribution in [0, 0.1) is 0 Å². The minimum atomic E-state index is -4.46. The van der Waals surface area contributed by atoms with Crippen molar-refractivity contribution < 1.29 is 37.3 Å². The number of likely N-dealkylation sites (N-methyl/N-ethyl adjacent to an activating group) is 1. The molecular weight excluding hydrogens is 1140 g/mol. The molecule has 0 aliphatic carbocycles. The minimum absolute atomic E-state index is 0.0439. The molecule has 10 heteroatoms. The Balaban J connectivity index is 4.92. The Labute approximate surface area is 567 Å². The molecule has 538 valence electrons. The zero-order chi connectivity index (χ0) is 66.3. The van der Waals surface area contributed by atoms with Crippen LogP contribution in [0.4, 0.5) is 0 Å². The number of nitrogens with zero attached hydrogens (tertiary/aromatic N) is 1. The van der Waals surface area contributed by atoms with Crippen LogP contribution in [-0.4, -0.2) is 74.3 Å². The molecule has 2 N–H and O–H groups in total. The zero-order valence-corrected chi connectivity index (χ0v) is 62.8. The Hall–Kier alpha value is -1.77. The monoisotopic (exact) mass is 1300 g/mol. The maximum atomic E-state index is 13.7. The predicted molar refractivity (Wildman–Crippen MR) is 397 cm³/mol. The molecule has 1 amide bonds. The molecule has 0 aliphatic rings. The summed E-state index contributed by atoms with van der Waals surface area (Å²) in [6.45, 7) is 7.09. The van der Waals surface area contributed by atoms with E-state index in [9.17, 15) is 19.0 Å². The summed E-state index contributed by atoms with van der Waals surface area (Å²) in [5, 5.41) is 3.09. The van der Waals surface area contributed by atoms with Gasteiger partial charge in [0.2, 0.25) is 5.91 Å². The number of phosphoric acid groups is 1. The summed E-state index contributed by atoms with van der Waals surface area (Å²) in [4.78, 5) is 38.1. The largest absolute Gasteiger partial charge is 0.472 e.